The Morgan fingerprint density at radius 2 is 1.56 bits per heavy atom. The second-order valence-corrected chi connectivity index (χ2v) is 6.57. The molecule has 1 saturated heterocycles. The van der Waals surface area contributed by atoms with E-state index < -0.39 is 11.2 Å². The van der Waals surface area contributed by atoms with Crippen molar-refractivity contribution in [2.45, 2.75) is 6.54 Å². The molecule has 0 spiro atoms. The van der Waals surface area contributed by atoms with Gasteiger partial charge in [0.2, 0.25) is 5.91 Å². The Hall–Kier alpha value is -3.35. The first kappa shape index (κ1) is 17.1. The third-order valence-electron chi connectivity index (χ3n) is 4.94. The number of hydrogen-bond donors (Lipinski definition) is 1. The molecule has 4 rings (SSSR count). The molecule has 1 aliphatic heterocycles. The SMILES string of the molecule is O=C(Cn1c(=O)[nH]c2ccccc2c1=O)N1CCN(c2ccccc2)CC1. The molecular weight excluding hydrogens is 344 g/mol. The summed E-state index contributed by atoms with van der Waals surface area (Å²) in [7, 11) is 0. The Labute approximate surface area is 155 Å². The Morgan fingerprint density at radius 1 is 0.889 bits per heavy atom. The minimum absolute atomic E-state index is 0.217. The van der Waals surface area contributed by atoms with Crippen LogP contribution in [0.5, 0.6) is 0 Å². The molecule has 7 heteroatoms. The van der Waals surface area contributed by atoms with Gasteiger partial charge in [-0.05, 0) is 24.3 Å². The number of aromatic nitrogens is 2. The lowest BCUT2D eigenvalue weighted by atomic mass is 10.2. The topological polar surface area (TPSA) is 78.4 Å². The molecule has 1 aromatic heterocycles. The van der Waals surface area contributed by atoms with Gasteiger partial charge in [-0.1, -0.05) is 30.3 Å². The van der Waals surface area contributed by atoms with E-state index >= 15 is 0 Å². The second-order valence-electron chi connectivity index (χ2n) is 6.57. The summed E-state index contributed by atoms with van der Waals surface area (Å²) in [6.45, 7) is 2.32. The van der Waals surface area contributed by atoms with E-state index in [-0.39, 0.29) is 12.5 Å². The van der Waals surface area contributed by atoms with Gasteiger partial charge in [0.05, 0.1) is 10.9 Å². The number of carbonyl (C=O) groups is 1. The molecule has 1 N–H and O–H groups in total. The molecular formula is C20H20N4O3. The molecule has 2 aromatic carbocycles. The van der Waals surface area contributed by atoms with Crippen molar-refractivity contribution in [2.75, 3.05) is 31.1 Å². The molecule has 1 fully saturated rings. The highest BCUT2D eigenvalue weighted by atomic mass is 16.2. The number of nitrogens with zero attached hydrogens (tertiary/aromatic N) is 3. The number of rotatable bonds is 3. The van der Waals surface area contributed by atoms with Crippen molar-refractivity contribution in [2.24, 2.45) is 0 Å². The predicted octanol–water partition coefficient (Wildman–Crippen LogP) is 1.04. The van der Waals surface area contributed by atoms with Crippen molar-refractivity contribution in [3.05, 3.63) is 75.4 Å². The number of fused-ring (bicyclic) bond motifs is 1. The normalized spacial score (nSPS) is 14.5. The van der Waals surface area contributed by atoms with Crippen LogP contribution in [0.3, 0.4) is 0 Å². The molecule has 1 amide bonds. The van der Waals surface area contributed by atoms with Crippen LogP contribution in [-0.4, -0.2) is 46.5 Å². The van der Waals surface area contributed by atoms with Crippen molar-refractivity contribution in [1.29, 1.82) is 0 Å². The molecule has 7 nitrogen and oxygen atoms in total. The average molecular weight is 364 g/mol. The molecule has 0 unspecified atom stereocenters. The smallest absolute Gasteiger partial charge is 0.329 e. The van der Waals surface area contributed by atoms with Crippen LogP contribution in [0.1, 0.15) is 0 Å². The van der Waals surface area contributed by atoms with E-state index in [0.717, 1.165) is 23.3 Å². The summed E-state index contributed by atoms with van der Waals surface area (Å²) in [6.07, 6.45) is 0. The van der Waals surface area contributed by atoms with Gasteiger partial charge in [0.25, 0.3) is 5.56 Å². The summed E-state index contributed by atoms with van der Waals surface area (Å²) >= 11 is 0. The van der Waals surface area contributed by atoms with E-state index in [2.05, 4.69) is 9.88 Å². The first-order valence-electron chi connectivity index (χ1n) is 8.93. The second kappa shape index (κ2) is 7.11. The van der Waals surface area contributed by atoms with Crippen LogP contribution in [0.25, 0.3) is 10.9 Å². The number of piperazine rings is 1. The number of para-hydroxylation sites is 2. The first-order valence-corrected chi connectivity index (χ1v) is 8.93. The quantitative estimate of drug-likeness (QED) is 0.753. The number of aromatic amines is 1. The highest BCUT2D eigenvalue weighted by molar-refractivity contribution is 5.79. The zero-order valence-corrected chi connectivity index (χ0v) is 14.8. The molecule has 0 bridgehead atoms. The van der Waals surface area contributed by atoms with Crippen molar-refractivity contribution >= 4 is 22.5 Å². The van der Waals surface area contributed by atoms with Gasteiger partial charge >= 0.3 is 5.69 Å². The lowest BCUT2D eigenvalue weighted by Crippen LogP contribution is -2.51. The van der Waals surface area contributed by atoms with E-state index in [1.807, 2.05) is 30.3 Å². The van der Waals surface area contributed by atoms with Crippen LogP contribution in [0.15, 0.2) is 64.2 Å². The summed E-state index contributed by atoms with van der Waals surface area (Å²) in [5.41, 5.74) is 0.611. The molecule has 1 aliphatic rings. The van der Waals surface area contributed by atoms with Crippen LogP contribution >= 0.6 is 0 Å². The molecule has 0 saturated carbocycles. The van der Waals surface area contributed by atoms with Crippen LogP contribution in [0, 0.1) is 0 Å². The highest BCUT2D eigenvalue weighted by Crippen LogP contribution is 2.15. The average Bonchev–Trinajstić information content (AvgIpc) is 2.72. The van der Waals surface area contributed by atoms with Crippen molar-refractivity contribution in [3.63, 3.8) is 0 Å². The van der Waals surface area contributed by atoms with Crippen molar-refractivity contribution in [1.82, 2.24) is 14.5 Å². The number of carbonyl (C=O) groups excluding carboxylic acids is 1. The number of H-pyrrole nitrogens is 1. The van der Waals surface area contributed by atoms with Gasteiger partial charge in [-0.25, -0.2) is 4.79 Å². The highest BCUT2D eigenvalue weighted by Gasteiger charge is 2.22. The zero-order chi connectivity index (χ0) is 18.8. The summed E-state index contributed by atoms with van der Waals surface area (Å²) in [5.74, 6) is -0.217. The van der Waals surface area contributed by atoms with Gasteiger partial charge in [0.15, 0.2) is 0 Å². The van der Waals surface area contributed by atoms with Gasteiger partial charge in [0.1, 0.15) is 6.54 Å². The Balaban J connectivity index is 1.48. The lowest BCUT2D eigenvalue weighted by molar-refractivity contribution is -0.132. The first-order chi connectivity index (χ1) is 13.1. The van der Waals surface area contributed by atoms with E-state index in [9.17, 15) is 14.4 Å². The largest absolute Gasteiger partial charge is 0.368 e. The van der Waals surface area contributed by atoms with Gasteiger partial charge in [0, 0.05) is 31.9 Å². The fraction of sp³-hybridized carbons (Fsp3) is 0.250. The van der Waals surface area contributed by atoms with Crippen molar-refractivity contribution in [3.8, 4) is 0 Å². The Kier molecular flexibility index (Phi) is 4.50. The zero-order valence-electron chi connectivity index (χ0n) is 14.8. The maximum absolute atomic E-state index is 12.6. The number of nitrogens with one attached hydrogen (secondary N) is 1. The maximum Gasteiger partial charge on any atom is 0.329 e. The van der Waals surface area contributed by atoms with E-state index in [0.29, 0.717) is 24.0 Å². The van der Waals surface area contributed by atoms with Gasteiger partial charge < -0.3 is 14.8 Å². The molecule has 0 aliphatic carbocycles. The maximum atomic E-state index is 12.6. The predicted molar refractivity (Wildman–Crippen MR) is 104 cm³/mol. The van der Waals surface area contributed by atoms with E-state index in [1.165, 1.54) is 0 Å². The van der Waals surface area contributed by atoms with Gasteiger partial charge in [-0.15, -0.1) is 0 Å². The lowest BCUT2D eigenvalue weighted by Gasteiger charge is -2.36. The Morgan fingerprint density at radius 3 is 2.30 bits per heavy atom. The van der Waals surface area contributed by atoms with Crippen LogP contribution < -0.4 is 16.1 Å². The van der Waals surface area contributed by atoms with Crippen LogP contribution in [-0.2, 0) is 11.3 Å². The summed E-state index contributed by atoms with van der Waals surface area (Å²) < 4.78 is 0.980. The van der Waals surface area contributed by atoms with E-state index in [1.54, 1.807) is 29.2 Å². The minimum Gasteiger partial charge on any atom is -0.368 e. The molecule has 0 atom stereocenters. The fourth-order valence-electron chi connectivity index (χ4n) is 3.43. The molecule has 2 heterocycles. The number of benzene rings is 2. The summed E-state index contributed by atoms with van der Waals surface area (Å²) in [4.78, 5) is 44.0. The van der Waals surface area contributed by atoms with E-state index in [4.69, 9.17) is 0 Å². The molecule has 27 heavy (non-hydrogen) atoms. The number of amides is 1. The standard InChI is InChI=1S/C20H20N4O3/c25-18(23-12-10-22(11-13-23)15-6-2-1-3-7-15)14-24-19(26)16-8-4-5-9-17(16)21-20(24)27/h1-9H,10-14H2,(H,21,27). The third kappa shape index (κ3) is 3.36. The molecule has 3 aromatic rings. The summed E-state index contributed by atoms with van der Waals surface area (Å²) in [5, 5.41) is 0.402. The van der Waals surface area contributed by atoms with Gasteiger partial charge in [-0.2, -0.15) is 0 Å². The summed E-state index contributed by atoms with van der Waals surface area (Å²) in [6, 6.07) is 16.9. The van der Waals surface area contributed by atoms with Crippen LogP contribution in [0.2, 0.25) is 0 Å². The number of hydrogen-bond acceptors (Lipinski definition) is 4. The monoisotopic (exact) mass is 364 g/mol. The fourth-order valence-corrected chi connectivity index (χ4v) is 3.43. The molecule has 138 valence electrons. The van der Waals surface area contributed by atoms with Crippen molar-refractivity contribution < 1.29 is 4.79 Å². The third-order valence-corrected chi connectivity index (χ3v) is 4.94. The minimum atomic E-state index is -0.560. The van der Waals surface area contributed by atoms with Gasteiger partial charge in [-0.3, -0.25) is 14.2 Å². The number of anilines is 1. The Bertz CT molecular complexity index is 1080. The molecule has 0 radical (unpaired) electrons. The van der Waals surface area contributed by atoms with Crippen LogP contribution in [0.4, 0.5) is 5.69 Å².